The lowest BCUT2D eigenvalue weighted by Crippen LogP contribution is -2.49. The molecule has 1 rings (SSSR count). The molecule has 0 radical (unpaired) electrons. The number of imide groups is 1. The van der Waals surface area contributed by atoms with Gasteiger partial charge in [0.15, 0.2) is 0 Å². The Morgan fingerprint density at radius 2 is 2.00 bits per heavy atom. The van der Waals surface area contributed by atoms with Gasteiger partial charge in [-0.2, -0.15) is 0 Å². The fourth-order valence-electron chi connectivity index (χ4n) is 1.80. The minimum absolute atomic E-state index is 0.130. The van der Waals surface area contributed by atoms with Crippen LogP contribution in [0.3, 0.4) is 0 Å². The van der Waals surface area contributed by atoms with Crippen molar-refractivity contribution >= 4 is 18.0 Å². The third-order valence-corrected chi connectivity index (χ3v) is 2.82. The van der Waals surface area contributed by atoms with E-state index in [1.165, 1.54) is 11.2 Å². The number of likely N-dealkylation sites (tertiary alicyclic amines) is 1. The van der Waals surface area contributed by atoms with Crippen LogP contribution in [-0.2, 0) is 9.53 Å². The highest BCUT2D eigenvalue weighted by molar-refractivity contribution is 6.00. The Hall–Kier alpha value is -2.25. The van der Waals surface area contributed by atoms with E-state index in [4.69, 9.17) is 9.84 Å². The predicted octanol–water partition coefficient (Wildman–Crippen LogP) is 0.505. The Balaban J connectivity index is 2.26. The van der Waals surface area contributed by atoms with Gasteiger partial charge in [-0.15, -0.1) is 0 Å². The van der Waals surface area contributed by atoms with Crippen molar-refractivity contribution in [2.24, 2.45) is 0 Å². The van der Waals surface area contributed by atoms with Gasteiger partial charge in [-0.25, -0.2) is 9.59 Å². The monoisotopic (exact) mass is 285 g/mol. The maximum absolute atomic E-state index is 11.5. The number of hydrogen-bond acceptors (Lipinski definition) is 4. The Morgan fingerprint density at radius 3 is 2.55 bits per heavy atom. The Bertz CT molecular complexity index is 389. The van der Waals surface area contributed by atoms with Crippen LogP contribution in [0.2, 0.25) is 0 Å². The molecule has 8 nitrogen and oxygen atoms in total. The summed E-state index contributed by atoms with van der Waals surface area (Å²) in [6.07, 6.45) is 2.44. The summed E-state index contributed by atoms with van der Waals surface area (Å²) in [6.45, 7) is 2.97. The van der Waals surface area contributed by atoms with Crippen LogP contribution < -0.4 is 10.6 Å². The zero-order chi connectivity index (χ0) is 15.0. The van der Waals surface area contributed by atoms with Crippen molar-refractivity contribution in [1.29, 1.82) is 0 Å². The topological polar surface area (TPSA) is 108 Å². The van der Waals surface area contributed by atoms with Crippen LogP contribution in [0, 0.1) is 0 Å². The zero-order valence-electron chi connectivity index (χ0n) is 11.3. The van der Waals surface area contributed by atoms with E-state index in [1.54, 1.807) is 6.92 Å². The average molecular weight is 285 g/mol. The fourth-order valence-corrected chi connectivity index (χ4v) is 1.80. The molecular weight excluding hydrogens is 266 g/mol. The zero-order valence-corrected chi connectivity index (χ0v) is 11.3. The van der Waals surface area contributed by atoms with Crippen LogP contribution in [0.25, 0.3) is 0 Å². The van der Waals surface area contributed by atoms with Gasteiger partial charge in [0, 0.05) is 25.2 Å². The van der Waals surface area contributed by atoms with E-state index in [0.717, 1.165) is 6.08 Å². The molecular formula is C12H19N3O5. The van der Waals surface area contributed by atoms with Gasteiger partial charge in [-0.05, 0) is 19.8 Å². The molecule has 3 N–H and O–H groups in total. The number of carbonyl (C=O) groups excluding carboxylic acids is 2. The van der Waals surface area contributed by atoms with Crippen LogP contribution in [-0.4, -0.2) is 53.8 Å². The van der Waals surface area contributed by atoms with E-state index in [1.807, 2.05) is 0 Å². The van der Waals surface area contributed by atoms with Crippen LogP contribution in [0.4, 0.5) is 9.59 Å². The Kier molecular flexibility index (Phi) is 6.34. The molecule has 0 unspecified atom stereocenters. The molecule has 20 heavy (non-hydrogen) atoms. The summed E-state index contributed by atoms with van der Waals surface area (Å²) in [5, 5.41) is 13.6. The first-order valence-electron chi connectivity index (χ1n) is 6.40. The number of carbonyl (C=O) groups is 3. The molecule has 0 bridgehead atoms. The molecule has 1 aliphatic heterocycles. The number of nitrogens with one attached hydrogen (secondary N) is 2. The molecule has 0 atom stereocenters. The van der Waals surface area contributed by atoms with Gasteiger partial charge < -0.3 is 20.1 Å². The van der Waals surface area contributed by atoms with Crippen LogP contribution in [0.5, 0.6) is 0 Å². The van der Waals surface area contributed by atoms with E-state index < -0.39 is 18.0 Å². The van der Waals surface area contributed by atoms with Crippen molar-refractivity contribution in [2.75, 3.05) is 19.7 Å². The maximum Gasteiger partial charge on any atom is 0.407 e. The third kappa shape index (κ3) is 5.59. The van der Waals surface area contributed by atoms with E-state index in [2.05, 4.69) is 10.6 Å². The molecule has 0 aliphatic carbocycles. The van der Waals surface area contributed by atoms with Crippen molar-refractivity contribution in [3.8, 4) is 0 Å². The van der Waals surface area contributed by atoms with Gasteiger partial charge in [-0.3, -0.25) is 10.1 Å². The van der Waals surface area contributed by atoms with Crippen molar-refractivity contribution in [3.05, 3.63) is 12.3 Å². The van der Waals surface area contributed by atoms with Crippen molar-refractivity contribution in [2.45, 2.75) is 25.8 Å². The first-order valence-corrected chi connectivity index (χ1v) is 6.40. The first kappa shape index (κ1) is 15.8. The van der Waals surface area contributed by atoms with Gasteiger partial charge in [0.1, 0.15) is 0 Å². The van der Waals surface area contributed by atoms with E-state index in [9.17, 15) is 14.4 Å². The first-order chi connectivity index (χ1) is 9.52. The molecule has 1 fully saturated rings. The van der Waals surface area contributed by atoms with E-state index in [0.29, 0.717) is 32.5 Å². The molecule has 112 valence electrons. The fraction of sp³-hybridized carbons (Fsp3) is 0.583. The number of rotatable bonds is 4. The highest BCUT2D eigenvalue weighted by Crippen LogP contribution is 2.09. The second-order valence-corrected chi connectivity index (χ2v) is 4.26. The van der Waals surface area contributed by atoms with E-state index >= 15 is 0 Å². The Morgan fingerprint density at radius 1 is 1.35 bits per heavy atom. The molecule has 0 aromatic carbocycles. The number of nitrogens with zero attached hydrogens (tertiary/aromatic N) is 1. The van der Waals surface area contributed by atoms with Gasteiger partial charge in [0.2, 0.25) is 0 Å². The summed E-state index contributed by atoms with van der Waals surface area (Å²) in [6, 6.07) is -0.723. The summed E-state index contributed by atoms with van der Waals surface area (Å²) in [5.74, 6) is -0.570. The van der Waals surface area contributed by atoms with Crippen LogP contribution in [0.15, 0.2) is 12.3 Å². The summed E-state index contributed by atoms with van der Waals surface area (Å²) < 4.78 is 4.84. The average Bonchev–Trinajstić information content (AvgIpc) is 2.39. The van der Waals surface area contributed by atoms with Gasteiger partial charge in [-0.1, -0.05) is 0 Å². The summed E-state index contributed by atoms with van der Waals surface area (Å²) >= 11 is 0. The summed E-state index contributed by atoms with van der Waals surface area (Å²) in [7, 11) is 0. The lowest BCUT2D eigenvalue weighted by Gasteiger charge is -2.30. The lowest BCUT2D eigenvalue weighted by molar-refractivity contribution is -0.115. The largest absolute Gasteiger partial charge is 0.501 e. The van der Waals surface area contributed by atoms with Crippen molar-refractivity contribution < 1.29 is 24.2 Å². The third-order valence-electron chi connectivity index (χ3n) is 2.82. The quantitative estimate of drug-likeness (QED) is 0.515. The SMILES string of the molecule is CCO/C=C/C(=O)NC(=O)NC1CCN(C(=O)O)CC1. The standard InChI is InChI=1S/C12H19N3O5/c1-2-20-8-5-10(16)14-11(17)13-9-3-6-15(7-4-9)12(18)19/h5,8-9H,2-4,6-7H2,1H3,(H,18,19)(H2,13,14,16,17)/b8-5+. The molecule has 0 aromatic rings. The molecule has 4 amide bonds. The molecule has 0 saturated carbocycles. The summed E-state index contributed by atoms with van der Waals surface area (Å²) in [4.78, 5) is 34.8. The number of hydrogen-bond donors (Lipinski definition) is 3. The number of amides is 4. The molecule has 1 saturated heterocycles. The number of urea groups is 1. The molecule has 1 heterocycles. The van der Waals surface area contributed by atoms with Gasteiger partial charge in [0.25, 0.3) is 5.91 Å². The van der Waals surface area contributed by atoms with Gasteiger partial charge in [0.05, 0.1) is 12.9 Å². The van der Waals surface area contributed by atoms with Crippen LogP contribution >= 0.6 is 0 Å². The molecule has 0 aromatic heterocycles. The normalized spacial score (nSPS) is 15.9. The number of ether oxygens (including phenoxy) is 1. The van der Waals surface area contributed by atoms with Crippen LogP contribution in [0.1, 0.15) is 19.8 Å². The highest BCUT2D eigenvalue weighted by Gasteiger charge is 2.23. The van der Waals surface area contributed by atoms with Gasteiger partial charge >= 0.3 is 12.1 Å². The minimum Gasteiger partial charge on any atom is -0.501 e. The smallest absolute Gasteiger partial charge is 0.407 e. The number of carboxylic acid groups (broad SMARTS) is 1. The number of piperidine rings is 1. The second-order valence-electron chi connectivity index (χ2n) is 4.26. The molecule has 1 aliphatic rings. The lowest BCUT2D eigenvalue weighted by atomic mass is 10.1. The molecule has 8 heteroatoms. The van der Waals surface area contributed by atoms with E-state index in [-0.39, 0.29) is 6.04 Å². The highest BCUT2D eigenvalue weighted by atomic mass is 16.5. The maximum atomic E-state index is 11.5. The second kappa shape index (κ2) is 8.03. The van der Waals surface area contributed by atoms with Crippen molar-refractivity contribution in [3.63, 3.8) is 0 Å². The molecule has 0 spiro atoms. The Labute approximate surface area is 116 Å². The predicted molar refractivity (Wildman–Crippen MR) is 70.1 cm³/mol. The van der Waals surface area contributed by atoms with Crippen molar-refractivity contribution in [1.82, 2.24) is 15.5 Å². The minimum atomic E-state index is -0.954. The summed E-state index contributed by atoms with van der Waals surface area (Å²) in [5.41, 5.74) is 0.